The van der Waals surface area contributed by atoms with Crippen molar-refractivity contribution in [1.29, 1.82) is 0 Å². The highest BCUT2D eigenvalue weighted by molar-refractivity contribution is 14.1. The highest BCUT2D eigenvalue weighted by atomic mass is 127. The van der Waals surface area contributed by atoms with Gasteiger partial charge in [0.1, 0.15) is 6.61 Å². The molecule has 0 saturated heterocycles. The first-order valence-corrected chi connectivity index (χ1v) is 11.1. The summed E-state index contributed by atoms with van der Waals surface area (Å²) in [7, 11) is 1.53. The maximum absolute atomic E-state index is 12.1. The fraction of sp³-hybridized carbons (Fsp3) is 0.0909. The second-order valence-electron chi connectivity index (χ2n) is 6.45. The van der Waals surface area contributed by atoms with Crippen molar-refractivity contribution in [3.05, 3.63) is 95.5 Å². The standard InChI is InChI=1S/C22H17BrIN3O5/c1-31-20-11-15(12-25-26-22(28)16-4-6-17(23)7-5-16)10-19(24)21(20)32-13-14-2-8-18(9-3-14)27(29)30/h2-12H,13H2,1H3,(H,26,28)/b25-12-. The molecule has 3 aromatic rings. The molecule has 0 bridgehead atoms. The van der Waals surface area contributed by atoms with Crippen LogP contribution in [-0.2, 0) is 6.61 Å². The third-order valence-electron chi connectivity index (χ3n) is 4.27. The van der Waals surface area contributed by atoms with Gasteiger partial charge >= 0.3 is 0 Å². The number of carbonyl (C=O) groups is 1. The topological polar surface area (TPSA) is 103 Å². The number of nitrogens with one attached hydrogen (secondary N) is 1. The number of ether oxygens (including phenoxy) is 2. The molecule has 0 aromatic heterocycles. The average molecular weight is 610 g/mol. The Morgan fingerprint density at radius 3 is 2.50 bits per heavy atom. The van der Waals surface area contributed by atoms with Crippen LogP contribution < -0.4 is 14.9 Å². The van der Waals surface area contributed by atoms with E-state index in [1.807, 2.05) is 6.07 Å². The number of nitro groups is 1. The molecule has 164 valence electrons. The van der Waals surface area contributed by atoms with Crippen molar-refractivity contribution >= 4 is 56.3 Å². The molecule has 10 heteroatoms. The second kappa shape index (κ2) is 11.0. The second-order valence-corrected chi connectivity index (χ2v) is 8.53. The Kier molecular flexibility index (Phi) is 8.17. The quantitative estimate of drug-likeness (QED) is 0.161. The van der Waals surface area contributed by atoms with E-state index >= 15 is 0 Å². The molecule has 0 aliphatic heterocycles. The minimum atomic E-state index is -0.446. The Bertz CT molecular complexity index is 1150. The first-order chi connectivity index (χ1) is 15.4. The third-order valence-corrected chi connectivity index (χ3v) is 5.60. The number of carbonyl (C=O) groups excluding carboxylic acids is 1. The molecular formula is C22H17BrIN3O5. The first kappa shape index (κ1) is 23.7. The van der Waals surface area contributed by atoms with Crippen molar-refractivity contribution in [2.24, 2.45) is 5.10 Å². The van der Waals surface area contributed by atoms with E-state index in [0.29, 0.717) is 22.6 Å². The molecule has 8 nitrogen and oxygen atoms in total. The molecule has 0 spiro atoms. The Balaban J connectivity index is 1.67. The normalized spacial score (nSPS) is 10.7. The summed E-state index contributed by atoms with van der Waals surface area (Å²) in [5.41, 5.74) is 4.51. The Hall–Kier alpha value is -2.99. The molecule has 3 aromatic carbocycles. The van der Waals surface area contributed by atoms with Crippen molar-refractivity contribution in [2.45, 2.75) is 6.61 Å². The van der Waals surface area contributed by atoms with Crippen molar-refractivity contribution in [1.82, 2.24) is 5.43 Å². The summed E-state index contributed by atoms with van der Waals surface area (Å²) in [6, 6.07) is 16.7. The van der Waals surface area contributed by atoms with Gasteiger partial charge in [-0.2, -0.15) is 5.10 Å². The fourth-order valence-corrected chi connectivity index (χ4v) is 3.70. The molecule has 0 fully saturated rings. The lowest BCUT2D eigenvalue weighted by molar-refractivity contribution is -0.384. The summed E-state index contributed by atoms with van der Waals surface area (Å²) < 4.78 is 13.0. The molecule has 0 unspecified atom stereocenters. The Labute approximate surface area is 206 Å². The van der Waals surface area contributed by atoms with Gasteiger partial charge in [-0.1, -0.05) is 15.9 Å². The molecule has 0 aliphatic rings. The molecule has 32 heavy (non-hydrogen) atoms. The van der Waals surface area contributed by atoms with Crippen LogP contribution in [0.2, 0.25) is 0 Å². The lowest BCUT2D eigenvalue weighted by atomic mass is 10.2. The molecule has 0 atom stereocenters. The number of non-ortho nitro benzene ring substituents is 1. The van der Waals surface area contributed by atoms with E-state index < -0.39 is 4.92 Å². The van der Waals surface area contributed by atoms with Gasteiger partial charge in [-0.25, -0.2) is 5.43 Å². The lowest BCUT2D eigenvalue weighted by Gasteiger charge is -2.13. The van der Waals surface area contributed by atoms with Gasteiger partial charge in [-0.3, -0.25) is 14.9 Å². The lowest BCUT2D eigenvalue weighted by Crippen LogP contribution is -2.17. The van der Waals surface area contributed by atoms with Crippen LogP contribution in [0.15, 0.2) is 70.2 Å². The van der Waals surface area contributed by atoms with E-state index in [0.717, 1.165) is 13.6 Å². The summed E-state index contributed by atoms with van der Waals surface area (Å²) in [6.07, 6.45) is 1.52. The van der Waals surface area contributed by atoms with E-state index in [9.17, 15) is 14.9 Å². The number of methoxy groups -OCH3 is 1. The summed E-state index contributed by atoms with van der Waals surface area (Å²) in [5.74, 6) is 0.723. The number of hydrogen-bond donors (Lipinski definition) is 1. The zero-order chi connectivity index (χ0) is 23.1. The number of nitrogens with zero attached hydrogens (tertiary/aromatic N) is 2. The van der Waals surface area contributed by atoms with E-state index in [2.05, 4.69) is 49.0 Å². The smallest absolute Gasteiger partial charge is 0.271 e. The summed E-state index contributed by atoms with van der Waals surface area (Å²) in [5, 5.41) is 14.8. The fourth-order valence-electron chi connectivity index (χ4n) is 2.66. The van der Waals surface area contributed by atoms with Crippen molar-refractivity contribution < 1.29 is 19.2 Å². The van der Waals surface area contributed by atoms with Crippen LogP contribution >= 0.6 is 38.5 Å². The van der Waals surface area contributed by atoms with Gasteiger partial charge in [0, 0.05) is 22.2 Å². The monoisotopic (exact) mass is 609 g/mol. The van der Waals surface area contributed by atoms with Crippen molar-refractivity contribution in [3.63, 3.8) is 0 Å². The summed E-state index contributed by atoms with van der Waals surface area (Å²) in [6.45, 7) is 0.223. The number of amides is 1. The van der Waals surface area contributed by atoms with Gasteiger partial charge in [0.25, 0.3) is 11.6 Å². The van der Waals surface area contributed by atoms with Gasteiger partial charge in [0.05, 0.1) is 21.8 Å². The summed E-state index contributed by atoms with van der Waals surface area (Å²) in [4.78, 5) is 22.5. The average Bonchev–Trinajstić information content (AvgIpc) is 2.78. The number of benzene rings is 3. The zero-order valence-electron chi connectivity index (χ0n) is 16.7. The number of hydrogen-bond acceptors (Lipinski definition) is 6. The SMILES string of the molecule is COc1cc(/C=N\NC(=O)c2ccc(Br)cc2)cc(I)c1OCc1ccc([N+](=O)[O-])cc1. The van der Waals surface area contributed by atoms with Crippen LogP contribution in [0.4, 0.5) is 5.69 Å². The highest BCUT2D eigenvalue weighted by Gasteiger charge is 2.12. The maximum Gasteiger partial charge on any atom is 0.271 e. The molecule has 1 amide bonds. The molecule has 0 aliphatic carbocycles. The molecule has 1 N–H and O–H groups in total. The predicted octanol–water partition coefficient (Wildman–Crippen LogP) is 5.31. The van der Waals surface area contributed by atoms with Crippen LogP contribution in [0, 0.1) is 13.7 Å². The Morgan fingerprint density at radius 1 is 1.19 bits per heavy atom. The van der Waals surface area contributed by atoms with Crippen LogP contribution in [0.5, 0.6) is 11.5 Å². The van der Waals surface area contributed by atoms with Gasteiger partial charge in [0.2, 0.25) is 0 Å². The largest absolute Gasteiger partial charge is 0.493 e. The van der Waals surface area contributed by atoms with E-state index in [1.54, 1.807) is 42.5 Å². The Morgan fingerprint density at radius 2 is 1.88 bits per heavy atom. The van der Waals surface area contributed by atoms with Gasteiger partial charge in [-0.05, 0) is 82.2 Å². The molecule has 0 radical (unpaired) electrons. The molecule has 0 saturated carbocycles. The van der Waals surface area contributed by atoms with E-state index in [4.69, 9.17) is 9.47 Å². The first-order valence-electron chi connectivity index (χ1n) is 9.20. The number of rotatable bonds is 8. The number of halogens is 2. The third kappa shape index (κ3) is 6.26. The van der Waals surface area contributed by atoms with Crippen molar-refractivity contribution in [3.8, 4) is 11.5 Å². The number of nitro benzene ring substituents is 1. The van der Waals surface area contributed by atoms with Gasteiger partial charge in [0.15, 0.2) is 11.5 Å². The van der Waals surface area contributed by atoms with Gasteiger partial charge < -0.3 is 9.47 Å². The van der Waals surface area contributed by atoms with Crippen LogP contribution in [0.3, 0.4) is 0 Å². The maximum atomic E-state index is 12.1. The van der Waals surface area contributed by atoms with E-state index in [1.165, 1.54) is 25.5 Å². The van der Waals surface area contributed by atoms with Crippen LogP contribution in [0.1, 0.15) is 21.5 Å². The molecular weight excluding hydrogens is 593 g/mol. The molecule has 3 rings (SSSR count). The number of hydrazone groups is 1. The van der Waals surface area contributed by atoms with Crippen molar-refractivity contribution in [2.75, 3.05) is 7.11 Å². The minimum absolute atomic E-state index is 0.0248. The summed E-state index contributed by atoms with van der Waals surface area (Å²) >= 11 is 5.45. The van der Waals surface area contributed by atoms with E-state index in [-0.39, 0.29) is 18.2 Å². The zero-order valence-corrected chi connectivity index (χ0v) is 20.5. The molecule has 0 heterocycles. The highest BCUT2D eigenvalue weighted by Crippen LogP contribution is 2.34. The van der Waals surface area contributed by atoms with Crippen LogP contribution in [-0.4, -0.2) is 24.2 Å². The van der Waals surface area contributed by atoms with Gasteiger partial charge in [-0.15, -0.1) is 0 Å². The van der Waals surface area contributed by atoms with Crippen LogP contribution in [0.25, 0.3) is 0 Å². The predicted molar refractivity (Wildman–Crippen MR) is 132 cm³/mol. The minimum Gasteiger partial charge on any atom is -0.493 e.